The minimum Gasteiger partial charge on any atom is -0.403 e. The van der Waals surface area contributed by atoms with Gasteiger partial charge in [0.1, 0.15) is 6.17 Å². The number of benzene rings is 1. The number of hydrogen-bond donors (Lipinski definition) is 3. The fourth-order valence-electron chi connectivity index (χ4n) is 3.28. The number of carbonyl (C=O) groups excluding carboxylic acids is 2. The number of methoxy groups -OCH3 is 1. The average Bonchev–Trinajstić information content (AvgIpc) is 3.45. The van der Waals surface area contributed by atoms with E-state index in [0.717, 1.165) is 25.0 Å². The number of amides is 2. The summed E-state index contributed by atoms with van der Waals surface area (Å²) in [5.41, 5.74) is 0.335. The van der Waals surface area contributed by atoms with Crippen LogP contribution in [0, 0.1) is 11.7 Å². The summed E-state index contributed by atoms with van der Waals surface area (Å²) < 4.78 is 59.7. The molecule has 0 spiro atoms. The quantitative estimate of drug-likeness (QED) is 0.586. The molecule has 1 aromatic carbocycles. The van der Waals surface area contributed by atoms with Gasteiger partial charge in [-0.25, -0.2) is 4.39 Å². The molecule has 3 rings (SSSR count). The number of carbonyl (C=O) groups is 2. The first-order valence-electron chi connectivity index (χ1n) is 9.06. The van der Waals surface area contributed by atoms with Crippen LogP contribution in [-0.4, -0.2) is 44.1 Å². The Morgan fingerprint density at radius 1 is 1.34 bits per heavy atom. The minimum atomic E-state index is -5.00. The number of rotatable bonds is 7. The van der Waals surface area contributed by atoms with Crippen LogP contribution in [0.3, 0.4) is 0 Å². The van der Waals surface area contributed by atoms with E-state index in [4.69, 9.17) is 4.74 Å². The lowest BCUT2D eigenvalue weighted by Gasteiger charge is -2.31. The standard InChI is InChI=1S/C18H21F4N3O4/c1-28-8-14-23-12(7-15(26)24-14)17(27)25-16(9-2-3-9)10-4-5-13(11(19)6-10)29-18(20,21)22/h4-6,9,12,14,16,23H,2-3,7-8H2,1H3,(H,24,26)(H,25,27)/t12?,14?,16-/m1/s1. The van der Waals surface area contributed by atoms with E-state index in [-0.39, 0.29) is 24.9 Å². The number of hydrogen-bond acceptors (Lipinski definition) is 5. The zero-order valence-corrected chi connectivity index (χ0v) is 15.5. The second-order valence-corrected chi connectivity index (χ2v) is 7.06. The molecule has 1 saturated carbocycles. The molecule has 2 amide bonds. The van der Waals surface area contributed by atoms with Gasteiger partial charge in [-0.2, -0.15) is 0 Å². The molecule has 1 aliphatic heterocycles. The van der Waals surface area contributed by atoms with Crippen molar-refractivity contribution in [3.63, 3.8) is 0 Å². The number of alkyl halides is 3. The summed E-state index contributed by atoms with van der Waals surface area (Å²) in [4.78, 5) is 24.5. The highest BCUT2D eigenvalue weighted by Gasteiger charge is 2.38. The van der Waals surface area contributed by atoms with Crippen molar-refractivity contribution in [1.82, 2.24) is 16.0 Å². The van der Waals surface area contributed by atoms with Gasteiger partial charge in [0.05, 0.1) is 25.1 Å². The monoisotopic (exact) mass is 419 g/mol. The number of ether oxygens (including phenoxy) is 2. The molecule has 2 fully saturated rings. The van der Waals surface area contributed by atoms with Crippen molar-refractivity contribution in [2.45, 2.75) is 43.9 Å². The van der Waals surface area contributed by atoms with Crippen molar-refractivity contribution in [3.05, 3.63) is 29.6 Å². The molecular formula is C18H21F4N3O4. The van der Waals surface area contributed by atoms with Crippen molar-refractivity contribution in [2.24, 2.45) is 5.92 Å². The number of halogens is 4. The SMILES string of the molecule is COCC1NC(=O)CC(C(=O)N[C@@H](c2ccc(OC(F)(F)F)c(F)c2)C2CC2)N1. The van der Waals surface area contributed by atoms with E-state index in [9.17, 15) is 27.2 Å². The average molecular weight is 419 g/mol. The predicted molar refractivity (Wildman–Crippen MR) is 92.0 cm³/mol. The summed E-state index contributed by atoms with van der Waals surface area (Å²) in [7, 11) is 1.46. The Hall–Kier alpha value is -2.40. The molecule has 1 aromatic rings. The van der Waals surface area contributed by atoms with Gasteiger partial charge in [-0.05, 0) is 36.5 Å². The molecule has 0 aromatic heterocycles. The molecule has 0 bridgehead atoms. The molecule has 3 atom stereocenters. The molecule has 29 heavy (non-hydrogen) atoms. The van der Waals surface area contributed by atoms with Crippen LogP contribution in [0.25, 0.3) is 0 Å². The Kier molecular flexibility index (Phi) is 6.27. The topological polar surface area (TPSA) is 88.7 Å². The zero-order valence-electron chi connectivity index (χ0n) is 15.5. The molecule has 2 unspecified atom stereocenters. The van der Waals surface area contributed by atoms with Gasteiger partial charge in [-0.3, -0.25) is 14.9 Å². The van der Waals surface area contributed by atoms with E-state index < -0.39 is 42.1 Å². The van der Waals surface area contributed by atoms with Gasteiger partial charge >= 0.3 is 6.36 Å². The third-order valence-electron chi connectivity index (χ3n) is 4.71. The second-order valence-electron chi connectivity index (χ2n) is 7.06. The Labute approximate surface area is 164 Å². The summed E-state index contributed by atoms with van der Waals surface area (Å²) in [6.07, 6.45) is -4.02. The van der Waals surface area contributed by atoms with Crippen LogP contribution < -0.4 is 20.7 Å². The Bertz CT molecular complexity index is 770. The summed E-state index contributed by atoms with van der Waals surface area (Å²) in [5.74, 6) is -2.83. The van der Waals surface area contributed by atoms with Gasteiger partial charge in [0.25, 0.3) is 0 Å². The van der Waals surface area contributed by atoms with Crippen LogP contribution >= 0.6 is 0 Å². The third kappa shape index (κ3) is 5.80. The van der Waals surface area contributed by atoms with E-state index in [0.29, 0.717) is 5.56 Å². The molecule has 160 valence electrons. The molecule has 7 nitrogen and oxygen atoms in total. The van der Waals surface area contributed by atoms with Gasteiger partial charge in [0.2, 0.25) is 11.8 Å². The predicted octanol–water partition coefficient (Wildman–Crippen LogP) is 1.74. The molecule has 1 aliphatic carbocycles. The van der Waals surface area contributed by atoms with Crippen LogP contribution in [0.5, 0.6) is 5.75 Å². The molecule has 2 aliphatic rings. The van der Waals surface area contributed by atoms with Crippen LogP contribution in [0.2, 0.25) is 0 Å². The first-order chi connectivity index (χ1) is 13.7. The highest BCUT2D eigenvalue weighted by atomic mass is 19.4. The summed E-state index contributed by atoms with van der Waals surface area (Å²) in [6, 6.07) is 1.73. The Morgan fingerprint density at radius 2 is 2.07 bits per heavy atom. The Morgan fingerprint density at radius 3 is 2.66 bits per heavy atom. The highest BCUT2D eigenvalue weighted by molar-refractivity contribution is 5.89. The molecule has 1 heterocycles. The molecular weight excluding hydrogens is 398 g/mol. The lowest BCUT2D eigenvalue weighted by Crippen LogP contribution is -2.62. The van der Waals surface area contributed by atoms with E-state index in [2.05, 4.69) is 20.7 Å². The lowest BCUT2D eigenvalue weighted by molar-refractivity contribution is -0.275. The molecule has 3 N–H and O–H groups in total. The fourth-order valence-corrected chi connectivity index (χ4v) is 3.28. The van der Waals surface area contributed by atoms with Crippen LogP contribution in [0.15, 0.2) is 18.2 Å². The van der Waals surface area contributed by atoms with Crippen molar-refractivity contribution < 1.29 is 36.6 Å². The van der Waals surface area contributed by atoms with Crippen LogP contribution in [0.1, 0.15) is 30.9 Å². The third-order valence-corrected chi connectivity index (χ3v) is 4.71. The van der Waals surface area contributed by atoms with E-state index in [1.54, 1.807) is 0 Å². The van der Waals surface area contributed by atoms with E-state index in [1.165, 1.54) is 13.2 Å². The molecule has 11 heteroatoms. The highest BCUT2D eigenvalue weighted by Crippen LogP contribution is 2.42. The van der Waals surface area contributed by atoms with Gasteiger partial charge in [-0.15, -0.1) is 13.2 Å². The lowest BCUT2D eigenvalue weighted by atomic mass is 10.0. The summed E-state index contributed by atoms with van der Waals surface area (Å²) in [5, 5.41) is 8.39. The van der Waals surface area contributed by atoms with Crippen LogP contribution in [-0.2, 0) is 14.3 Å². The van der Waals surface area contributed by atoms with Gasteiger partial charge in [0.15, 0.2) is 11.6 Å². The summed E-state index contributed by atoms with van der Waals surface area (Å²) >= 11 is 0. The second kappa shape index (κ2) is 8.54. The smallest absolute Gasteiger partial charge is 0.403 e. The van der Waals surface area contributed by atoms with E-state index in [1.807, 2.05) is 0 Å². The van der Waals surface area contributed by atoms with Crippen molar-refractivity contribution in [1.29, 1.82) is 0 Å². The first kappa shape index (κ1) is 21.3. The van der Waals surface area contributed by atoms with Gasteiger partial charge in [-0.1, -0.05) is 6.07 Å². The van der Waals surface area contributed by atoms with Crippen LogP contribution in [0.4, 0.5) is 17.6 Å². The minimum absolute atomic E-state index is 0.0416. The first-order valence-corrected chi connectivity index (χ1v) is 9.06. The summed E-state index contributed by atoms with van der Waals surface area (Å²) in [6.45, 7) is 0.174. The maximum atomic E-state index is 14.1. The zero-order chi connectivity index (χ0) is 21.2. The van der Waals surface area contributed by atoms with Gasteiger partial charge in [0, 0.05) is 7.11 Å². The maximum Gasteiger partial charge on any atom is 0.573 e. The van der Waals surface area contributed by atoms with Crippen molar-refractivity contribution in [3.8, 4) is 5.75 Å². The van der Waals surface area contributed by atoms with Gasteiger partial charge < -0.3 is 20.1 Å². The van der Waals surface area contributed by atoms with E-state index >= 15 is 0 Å². The Balaban J connectivity index is 1.71. The van der Waals surface area contributed by atoms with Crippen molar-refractivity contribution in [2.75, 3.05) is 13.7 Å². The molecule has 0 radical (unpaired) electrons. The normalized spacial score (nSPS) is 23.3. The largest absolute Gasteiger partial charge is 0.573 e. The van der Waals surface area contributed by atoms with Crippen molar-refractivity contribution >= 4 is 11.8 Å². The fraction of sp³-hybridized carbons (Fsp3) is 0.556. The molecule has 1 saturated heterocycles. The number of nitrogens with one attached hydrogen (secondary N) is 3. The maximum absolute atomic E-state index is 14.1.